The Kier molecular flexibility index (Phi) is 7.58. The average Bonchev–Trinajstić information content (AvgIpc) is 2.35. The summed E-state index contributed by atoms with van der Waals surface area (Å²) in [7, 11) is 0. The highest BCUT2D eigenvalue weighted by molar-refractivity contribution is 7.98. The third-order valence-electron chi connectivity index (χ3n) is 2.60. The molecule has 0 N–H and O–H groups in total. The summed E-state index contributed by atoms with van der Waals surface area (Å²) < 4.78 is 3.24. The van der Waals surface area contributed by atoms with E-state index in [2.05, 4.69) is 13.8 Å². The van der Waals surface area contributed by atoms with E-state index in [1.165, 1.54) is 23.9 Å². The first-order valence-electron chi connectivity index (χ1n) is 6.55. The minimum Gasteiger partial charge on any atom is -0.275 e. The minimum absolute atomic E-state index is 0.0553. The zero-order valence-corrected chi connectivity index (χ0v) is 12.8. The first-order valence-corrected chi connectivity index (χ1v) is 8.44. The molecule has 0 unspecified atom stereocenters. The van der Waals surface area contributed by atoms with Gasteiger partial charge in [-0.05, 0) is 36.7 Å². The van der Waals surface area contributed by atoms with Crippen molar-refractivity contribution in [3.8, 4) is 0 Å². The first-order chi connectivity index (χ1) is 8.69. The summed E-state index contributed by atoms with van der Waals surface area (Å²) in [5.74, 6) is 1.94. The van der Waals surface area contributed by atoms with Crippen LogP contribution >= 0.6 is 23.9 Å². The van der Waals surface area contributed by atoms with Crippen LogP contribution in [0.4, 0.5) is 0 Å². The maximum atomic E-state index is 11.9. The van der Waals surface area contributed by atoms with E-state index in [9.17, 15) is 9.59 Å². The molecule has 18 heavy (non-hydrogen) atoms. The van der Waals surface area contributed by atoms with Crippen molar-refractivity contribution in [1.29, 1.82) is 0 Å². The Balaban J connectivity index is 2.34. The molecule has 0 aromatic heterocycles. The van der Waals surface area contributed by atoms with Gasteiger partial charge < -0.3 is 0 Å². The molecule has 1 fully saturated rings. The number of unbranched alkanes of at least 4 members (excludes halogenated alkanes) is 2. The maximum absolute atomic E-state index is 11.9. The van der Waals surface area contributed by atoms with Gasteiger partial charge in [-0.1, -0.05) is 26.7 Å². The smallest absolute Gasteiger partial charge is 0.253 e. The van der Waals surface area contributed by atoms with Gasteiger partial charge in [-0.3, -0.25) is 18.2 Å². The molecule has 1 rings (SSSR count). The largest absolute Gasteiger partial charge is 0.275 e. The maximum Gasteiger partial charge on any atom is 0.253 e. The number of rotatable bonds is 8. The van der Waals surface area contributed by atoms with Gasteiger partial charge in [0.25, 0.3) is 11.8 Å². The topological polar surface area (TPSA) is 40.6 Å². The Bertz CT molecular complexity index is 259. The summed E-state index contributed by atoms with van der Waals surface area (Å²) >= 11 is 2.98. The van der Waals surface area contributed by atoms with Crippen LogP contribution in [0, 0.1) is 0 Å². The monoisotopic (exact) mass is 290 g/mol. The van der Waals surface area contributed by atoms with E-state index in [4.69, 9.17) is 0 Å². The molecule has 0 aliphatic carbocycles. The van der Waals surface area contributed by atoms with Crippen LogP contribution in [-0.2, 0) is 9.59 Å². The molecule has 0 atom stereocenters. The Labute approximate surface area is 118 Å². The third kappa shape index (κ3) is 5.10. The van der Waals surface area contributed by atoms with Crippen LogP contribution in [0.1, 0.15) is 39.5 Å². The Morgan fingerprint density at radius 1 is 0.889 bits per heavy atom. The van der Waals surface area contributed by atoms with Crippen LogP contribution in [0.2, 0.25) is 0 Å². The Morgan fingerprint density at radius 3 is 1.61 bits per heavy atom. The van der Waals surface area contributed by atoms with Gasteiger partial charge in [0, 0.05) is 11.5 Å². The highest BCUT2D eigenvalue weighted by Gasteiger charge is 2.30. The lowest BCUT2D eigenvalue weighted by Crippen LogP contribution is -2.48. The van der Waals surface area contributed by atoms with Crippen LogP contribution in [-0.4, -0.2) is 45.0 Å². The fourth-order valence-corrected chi connectivity index (χ4v) is 3.54. The van der Waals surface area contributed by atoms with Gasteiger partial charge in [0.05, 0.1) is 0 Å². The van der Waals surface area contributed by atoms with E-state index < -0.39 is 0 Å². The molecule has 0 aromatic carbocycles. The lowest BCUT2D eigenvalue weighted by Gasteiger charge is -2.32. The fraction of sp³-hybridized carbons (Fsp3) is 0.833. The van der Waals surface area contributed by atoms with Crippen molar-refractivity contribution >= 4 is 35.7 Å². The fourth-order valence-electron chi connectivity index (χ4n) is 1.45. The SMILES string of the molecule is CCCCSN1CC(=O)N(SCCCC)CC1=O. The average molecular weight is 290 g/mol. The van der Waals surface area contributed by atoms with Crippen LogP contribution in [0.3, 0.4) is 0 Å². The standard InChI is InChI=1S/C12H22N2O2S2/c1-3-5-7-17-13-9-12(16)14(10-11(13)15)18-8-6-4-2/h3-10H2,1-2H3. The van der Waals surface area contributed by atoms with E-state index in [0.717, 1.165) is 37.2 Å². The molecule has 1 aliphatic heterocycles. The molecule has 1 saturated heterocycles. The molecular formula is C12H22N2O2S2. The quantitative estimate of drug-likeness (QED) is 0.509. The van der Waals surface area contributed by atoms with Gasteiger partial charge >= 0.3 is 0 Å². The van der Waals surface area contributed by atoms with Gasteiger partial charge in [-0.25, -0.2) is 0 Å². The van der Waals surface area contributed by atoms with Crippen molar-refractivity contribution in [3.63, 3.8) is 0 Å². The van der Waals surface area contributed by atoms with Crippen molar-refractivity contribution in [3.05, 3.63) is 0 Å². The summed E-state index contributed by atoms with van der Waals surface area (Å²) in [6, 6.07) is 0. The molecule has 6 heteroatoms. The van der Waals surface area contributed by atoms with Crippen molar-refractivity contribution in [2.24, 2.45) is 0 Å². The molecule has 1 heterocycles. The molecule has 2 amide bonds. The van der Waals surface area contributed by atoms with E-state index in [1.807, 2.05) is 0 Å². The highest BCUT2D eigenvalue weighted by Crippen LogP contribution is 2.22. The summed E-state index contributed by atoms with van der Waals surface area (Å²) in [6.07, 6.45) is 4.39. The Hall–Kier alpha value is -0.360. The number of amides is 2. The number of hydrogen-bond donors (Lipinski definition) is 0. The van der Waals surface area contributed by atoms with Gasteiger partial charge in [0.2, 0.25) is 0 Å². The van der Waals surface area contributed by atoms with E-state index in [-0.39, 0.29) is 24.9 Å². The van der Waals surface area contributed by atoms with Crippen molar-refractivity contribution in [2.75, 3.05) is 24.6 Å². The van der Waals surface area contributed by atoms with E-state index in [0.29, 0.717) is 0 Å². The number of hydrogen-bond acceptors (Lipinski definition) is 4. The summed E-state index contributed by atoms with van der Waals surface area (Å²) in [5.41, 5.74) is 0. The number of carbonyl (C=O) groups is 2. The molecule has 0 aromatic rings. The second kappa shape index (κ2) is 8.69. The van der Waals surface area contributed by atoms with Gasteiger partial charge in [0.1, 0.15) is 13.1 Å². The molecule has 0 radical (unpaired) electrons. The third-order valence-corrected chi connectivity index (χ3v) is 4.84. The molecule has 0 spiro atoms. The lowest BCUT2D eigenvalue weighted by atomic mass is 10.4. The predicted molar refractivity (Wildman–Crippen MR) is 78.2 cm³/mol. The molecule has 1 aliphatic rings. The second-order valence-electron chi connectivity index (χ2n) is 4.23. The highest BCUT2D eigenvalue weighted by atomic mass is 32.2. The zero-order valence-electron chi connectivity index (χ0n) is 11.2. The molecule has 0 saturated carbocycles. The van der Waals surface area contributed by atoms with Gasteiger partial charge in [-0.15, -0.1) is 0 Å². The van der Waals surface area contributed by atoms with Crippen LogP contribution in [0.25, 0.3) is 0 Å². The van der Waals surface area contributed by atoms with Crippen molar-refractivity contribution in [2.45, 2.75) is 39.5 Å². The summed E-state index contributed by atoms with van der Waals surface area (Å²) in [5, 5.41) is 0. The van der Waals surface area contributed by atoms with Crippen molar-refractivity contribution < 1.29 is 9.59 Å². The second-order valence-corrected chi connectivity index (χ2v) is 6.45. The summed E-state index contributed by atoms with van der Waals surface area (Å²) in [6.45, 7) is 4.70. The van der Waals surface area contributed by atoms with Crippen LogP contribution in [0.15, 0.2) is 0 Å². The lowest BCUT2D eigenvalue weighted by molar-refractivity contribution is -0.140. The molecule has 104 valence electrons. The Morgan fingerprint density at radius 2 is 1.28 bits per heavy atom. The van der Waals surface area contributed by atoms with Crippen LogP contribution < -0.4 is 0 Å². The summed E-state index contributed by atoms with van der Waals surface area (Å²) in [4.78, 5) is 23.8. The van der Waals surface area contributed by atoms with E-state index >= 15 is 0 Å². The zero-order chi connectivity index (χ0) is 13.4. The minimum atomic E-state index is 0.0553. The predicted octanol–water partition coefficient (Wildman–Crippen LogP) is 2.55. The first kappa shape index (κ1) is 15.7. The molecular weight excluding hydrogens is 268 g/mol. The number of nitrogens with zero attached hydrogens (tertiary/aromatic N) is 2. The van der Waals surface area contributed by atoms with E-state index in [1.54, 1.807) is 8.61 Å². The number of carbonyl (C=O) groups excluding carboxylic acids is 2. The van der Waals surface area contributed by atoms with Gasteiger partial charge in [0.15, 0.2) is 0 Å². The molecule has 4 nitrogen and oxygen atoms in total. The number of piperazine rings is 1. The molecule has 0 bridgehead atoms. The van der Waals surface area contributed by atoms with Crippen molar-refractivity contribution in [1.82, 2.24) is 8.61 Å². The normalized spacial score (nSPS) is 16.6. The van der Waals surface area contributed by atoms with Crippen LogP contribution in [0.5, 0.6) is 0 Å². The van der Waals surface area contributed by atoms with Gasteiger partial charge in [-0.2, -0.15) is 0 Å².